The Morgan fingerprint density at radius 1 is 1.43 bits per heavy atom. The van der Waals surface area contributed by atoms with Crippen molar-refractivity contribution in [2.24, 2.45) is 4.99 Å². The summed E-state index contributed by atoms with van der Waals surface area (Å²) in [7, 11) is 3.89. The van der Waals surface area contributed by atoms with E-state index >= 15 is 0 Å². The Balaban J connectivity index is 1.81. The first-order valence-corrected chi connectivity index (χ1v) is 8.80. The molecule has 0 bridgehead atoms. The van der Waals surface area contributed by atoms with Gasteiger partial charge in [-0.15, -0.1) is 22.7 Å². The van der Waals surface area contributed by atoms with Crippen molar-refractivity contribution in [3.63, 3.8) is 0 Å². The molecule has 2 rings (SSSR count). The van der Waals surface area contributed by atoms with Crippen molar-refractivity contribution in [3.8, 4) is 0 Å². The zero-order chi connectivity index (χ0) is 15.1. The van der Waals surface area contributed by atoms with E-state index < -0.39 is 0 Å². The number of aliphatic imine (C=N–C) groups is 1. The van der Waals surface area contributed by atoms with Crippen LogP contribution in [0.5, 0.6) is 0 Å². The zero-order valence-corrected chi connectivity index (χ0v) is 14.4. The van der Waals surface area contributed by atoms with Crippen LogP contribution in [0.2, 0.25) is 0 Å². The number of rotatable bonds is 6. The maximum Gasteiger partial charge on any atom is 0.193 e. The number of thiophene rings is 1. The Morgan fingerprint density at radius 2 is 2.29 bits per heavy atom. The van der Waals surface area contributed by atoms with Crippen molar-refractivity contribution >= 4 is 28.6 Å². The van der Waals surface area contributed by atoms with Gasteiger partial charge in [0.05, 0.1) is 6.54 Å². The molecule has 0 saturated heterocycles. The van der Waals surface area contributed by atoms with E-state index in [4.69, 9.17) is 0 Å². The first-order valence-electron chi connectivity index (χ1n) is 7.10. The van der Waals surface area contributed by atoms with Gasteiger partial charge in [0.1, 0.15) is 5.01 Å². The van der Waals surface area contributed by atoms with Gasteiger partial charge in [-0.3, -0.25) is 4.99 Å². The summed E-state index contributed by atoms with van der Waals surface area (Å²) < 4.78 is 0. The first kappa shape index (κ1) is 16.0. The van der Waals surface area contributed by atoms with E-state index in [1.807, 2.05) is 13.2 Å². The fraction of sp³-hybridized carbons (Fsp3) is 0.467. The largest absolute Gasteiger partial charge is 0.350 e. The Kier molecular flexibility index (Phi) is 6.20. The monoisotopic (exact) mass is 322 g/mol. The smallest absolute Gasteiger partial charge is 0.193 e. The number of guanidine groups is 1. The molecule has 1 N–H and O–H groups in total. The molecule has 0 radical (unpaired) electrons. The Hall–Kier alpha value is -1.40. The van der Waals surface area contributed by atoms with Crippen LogP contribution in [0.15, 0.2) is 28.7 Å². The van der Waals surface area contributed by atoms with Crippen molar-refractivity contribution in [3.05, 3.63) is 38.5 Å². The highest BCUT2D eigenvalue weighted by atomic mass is 32.1. The van der Waals surface area contributed by atoms with Crippen LogP contribution in [-0.2, 0) is 19.4 Å². The van der Waals surface area contributed by atoms with Crippen LogP contribution in [0.1, 0.15) is 21.7 Å². The Morgan fingerprint density at radius 3 is 2.90 bits per heavy atom. The van der Waals surface area contributed by atoms with Crippen LogP contribution in [0.25, 0.3) is 0 Å². The average molecular weight is 323 g/mol. The highest BCUT2D eigenvalue weighted by Crippen LogP contribution is 2.13. The van der Waals surface area contributed by atoms with E-state index in [0.717, 1.165) is 36.9 Å². The summed E-state index contributed by atoms with van der Waals surface area (Å²) in [6, 6.07) is 4.28. The summed E-state index contributed by atoms with van der Waals surface area (Å²) >= 11 is 3.57. The minimum Gasteiger partial charge on any atom is -0.350 e. The molecule has 21 heavy (non-hydrogen) atoms. The number of aromatic nitrogens is 1. The third kappa shape index (κ3) is 4.82. The van der Waals surface area contributed by atoms with Crippen molar-refractivity contribution in [1.82, 2.24) is 15.2 Å². The third-order valence-electron chi connectivity index (χ3n) is 3.19. The zero-order valence-electron chi connectivity index (χ0n) is 12.8. The maximum atomic E-state index is 4.42. The van der Waals surface area contributed by atoms with Crippen molar-refractivity contribution in [2.45, 2.75) is 26.3 Å². The van der Waals surface area contributed by atoms with E-state index in [2.05, 4.69) is 51.7 Å². The molecular weight excluding hydrogens is 300 g/mol. The van der Waals surface area contributed by atoms with Gasteiger partial charge in [0.25, 0.3) is 0 Å². The van der Waals surface area contributed by atoms with Gasteiger partial charge >= 0.3 is 0 Å². The standard InChI is InChI=1S/C15H22N4S2/c1-4-12-10-17-14(21-12)11-18-15(16-2)19(3)8-7-13-6-5-9-20-13/h5-6,9-10H,4,7-8,11H2,1-3H3,(H,16,18). The molecule has 0 atom stereocenters. The molecule has 0 unspecified atom stereocenters. The van der Waals surface area contributed by atoms with Gasteiger partial charge < -0.3 is 10.2 Å². The predicted molar refractivity (Wildman–Crippen MR) is 92.3 cm³/mol. The summed E-state index contributed by atoms with van der Waals surface area (Å²) in [5.41, 5.74) is 0. The molecule has 0 aliphatic heterocycles. The molecule has 2 heterocycles. The average Bonchev–Trinajstić information content (AvgIpc) is 3.17. The number of nitrogens with one attached hydrogen (secondary N) is 1. The van der Waals surface area contributed by atoms with E-state index in [1.54, 1.807) is 22.7 Å². The number of thiazole rings is 1. The second kappa shape index (κ2) is 8.14. The van der Waals surface area contributed by atoms with Gasteiger partial charge in [0, 0.05) is 36.6 Å². The fourth-order valence-electron chi connectivity index (χ4n) is 1.97. The molecule has 6 heteroatoms. The van der Waals surface area contributed by atoms with Gasteiger partial charge in [-0.1, -0.05) is 13.0 Å². The summed E-state index contributed by atoms with van der Waals surface area (Å²) in [5, 5.41) is 6.61. The lowest BCUT2D eigenvalue weighted by Gasteiger charge is -2.21. The van der Waals surface area contributed by atoms with Crippen LogP contribution >= 0.6 is 22.7 Å². The van der Waals surface area contributed by atoms with E-state index in [0.29, 0.717) is 0 Å². The Bertz CT molecular complexity index is 560. The number of likely N-dealkylation sites (N-methyl/N-ethyl adjacent to an activating group) is 1. The van der Waals surface area contributed by atoms with Crippen molar-refractivity contribution < 1.29 is 0 Å². The molecule has 114 valence electrons. The van der Waals surface area contributed by atoms with Gasteiger partial charge in [0.15, 0.2) is 5.96 Å². The molecule has 0 fully saturated rings. The number of hydrogen-bond donors (Lipinski definition) is 1. The second-order valence-electron chi connectivity index (χ2n) is 4.73. The van der Waals surface area contributed by atoms with Crippen LogP contribution in [0, 0.1) is 0 Å². The van der Waals surface area contributed by atoms with Gasteiger partial charge in [-0.2, -0.15) is 0 Å². The normalized spacial score (nSPS) is 11.7. The lowest BCUT2D eigenvalue weighted by molar-refractivity contribution is 0.486. The molecule has 0 amide bonds. The second-order valence-corrected chi connectivity index (χ2v) is 6.96. The highest BCUT2D eigenvalue weighted by molar-refractivity contribution is 7.11. The molecule has 0 aliphatic rings. The summed E-state index contributed by atoms with van der Waals surface area (Å²) in [4.78, 5) is 13.7. The molecule has 0 aromatic carbocycles. The van der Waals surface area contributed by atoms with Crippen molar-refractivity contribution in [1.29, 1.82) is 0 Å². The summed E-state index contributed by atoms with van der Waals surface area (Å²) in [6.07, 6.45) is 4.06. The van der Waals surface area contributed by atoms with E-state index in [1.165, 1.54) is 9.75 Å². The van der Waals surface area contributed by atoms with Gasteiger partial charge in [0.2, 0.25) is 0 Å². The summed E-state index contributed by atoms with van der Waals surface area (Å²) in [5.74, 6) is 0.916. The third-order valence-corrected chi connectivity index (χ3v) is 5.27. The molecule has 2 aromatic rings. The van der Waals surface area contributed by atoms with E-state index in [-0.39, 0.29) is 0 Å². The van der Waals surface area contributed by atoms with Gasteiger partial charge in [-0.25, -0.2) is 4.98 Å². The lowest BCUT2D eigenvalue weighted by Crippen LogP contribution is -2.39. The SMILES string of the molecule is CCc1cnc(CNC(=NC)N(C)CCc2cccs2)s1. The fourth-order valence-corrected chi connectivity index (χ4v) is 3.47. The van der Waals surface area contributed by atoms with E-state index in [9.17, 15) is 0 Å². The van der Waals surface area contributed by atoms with Crippen LogP contribution in [-0.4, -0.2) is 36.5 Å². The molecule has 0 spiro atoms. The lowest BCUT2D eigenvalue weighted by atomic mass is 10.3. The maximum absolute atomic E-state index is 4.42. The quantitative estimate of drug-likeness (QED) is 0.656. The molecule has 2 aromatic heterocycles. The minimum atomic E-state index is 0.737. The summed E-state index contributed by atoms with van der Waals surface area (Å²) in [6.45, 7) is 3.85. The highest BCUT2D eigenvalue weighted by Gasteiger charge is 2.07. The number of nitrogens with zero attached hydrogens (tertiary/aromatic N) is 3. The van der Waals surface area contributed by atoms with Crippen molar-refractivity contribution in [2.75, 3.05) is 20.6 Å². The molecule has 0 saturated carbocycles. The number of hydrogen-bond acceptors (Lipinski definition) is 4. The van der Waals surface area contributed by atoms with Crippen LogP contribution < -0.4 is 5.32 Å². The topological polar surface area (TPSA) is 40.5 Å². The number of aryl methyl sites for hydroxylation is 1. The van der Waals surface area contributed by atoms with Gasteiger partial charge in [-0.05, 0) is 24.3 Å². The molecular formula is C15H22N4S2. The molecule has 4 nitrogen and oxygen atoms in total. The first-order chi connectivity index (χ1) is 10.2. The minimum absolute atomic E-state index is 0.737. The van der Waals surface area contributed by atoms with Crippen LogP contribution in [0.4, 0.5) is 0 Å². The van der Waals surface area contributed by atoms with Crippen LogP contribution in [0.3, 0.4) is 0 Å². The predicted octanol–water partition coefficient (Wildman–Crippen LogP) is 3.02. The Labute approximate surface area is 134 Å². The molecule has 0 aliphatic carbocycles.